The molecule has 1 aromatic heterocycles. The van der Waals surface area contributed by atoms with Gasteiger partial charge in [-0.2, -0.15) is 0 Å². The number of nitrogens with one attached hydrogen (secondary N) is 1. The van der Waals surface area contributed by atoms with Crippen LogP contribution in [0.15, 0.2) is 42.6 Å². The van der Waals surface area contributed by atoms with E-state index in [0.717, 1.165) is 10.9 Å². The van der Waals surface area contributed by atoms with Crippen LogP contribution in [0.4, 0.5) is 0 Å². The van der Waals surface area contributed by atoms with Crippen LogP contribution in [0.25, 0.3) is 22.0 Å². The van der Waals surface area contributed by atoms with Crippen molar-refractivity contribution in [3.05, 3.63) is 53.7 Å². The van der Waals surface area contributed by atoms with Gasteiger partial charge in [-0.25, -0.2) is 0 Å². The van der Waals surface area contributed by atoms with Gasteiger partial charge in [-0.15, -0.1) is 0 Å². The zero-order chi connectivity index (χ0) is 27.8. The van der Waals surface area contributed by atoms with Crippen molar-refractivity contribution >= 4 is 39.8 Å². The second kappa shape index (κ2) is 10.5. The van der Waals surface area contributed by atoms with Crippen LogP contribution < -0.4 is 25.3 Å². The second-order valence-corrected chi connectivity index (χ2v) is 9.78. The van der Waals surface area contributed by atoms with Crippen LogP contribution in [0.1, 0.15) is 30.9 Å². The van der Waals surface area contributed by atoms with Gasteiger partial charge in [0.25, 0.3) is 11.8 Å². The number of carbonyl (C=O) groups excluding carboxylic acids is 3. The topological polar surface area (TPSA) is 125 Å². The SMILES string of the molecule is COc1cc(C2=C(c3cn(CCCN4C(=O)C(N)CC4C)c4ccccc34)C(=O)NC2=O)cc(OC)c1OC. The number of nitrogens with two attached hydrogens (primary N) is 1. The molecule has 2 aliphatic heterocycles. The first-order valence-electron chi connectivity index (χ1n) is 12.8. The van der Waals surface area contributed by atoms with Crippen LogP contribution in [-0.2, 0) is 20.9 Å². The molecule has 0 aliphatic carbocycles. The number of hydrogen-bond donors (Lipinski definition) is 2. The number of hydrogen-bond acceptors (Lipinski definition) is 7. The molecular weight excluding hydrogens is 500 g/mol. The molecule has 10 nitrogen and oxygen atoms in total. The molecule has 0 bridgehead atoms. The van der Waals surface area contributed by atoms with E-state index in [1.165, 1.54) is 21.3 Å². The summed E-state index contributed by atoms with van der Waals surface area (Å²) in [6.45, 7) is 3.23. The Morgan fingerprint density at radius 3 is 2.23 bits per heavy atom. The van der Waals surface area contributed by atoms with Gasteiger partial charge < -0.3 is 29.4 Å². The minimum atomic E-state index is -0.501. The van der Waals surface area contributed by atoms with Crippen LogP contribution >= 0.6 is 0 Å². The van der Waals surface area contributed by atoms with Gasteiger partial charge >= 0.3 is 0 Å². The monoisotopic (exact) mass is 532 g/mol. The number of imide groups is 1. The minimum absolute atomic E-state index is 0.0122. The normalized spacial score (nSPS) is 19.3. The number of nitrogens with zero attached hydrogens (tertiary/aromatic N) is 2. The van der Waals surface area contributed by atoms with Gasteiger partial charge in [0, 0.05) is 41.8 Å². The third-order valence-electron chi connectivity index (χ3n) is 7.47. The molecule has 1 saturated heterocycles. The number of carbonyl (C=O) groups is 3. The smallest absolute Gasteiger partial charge is 0.259 e. The van der Waals surface area contributed by atoms with Crippen LogP contribution in [-0.4, -0.2) is 67.1 Å². The van der Waals surface area contributed by atoms with Gasteiger partial charge in [0.15, 0.2) is 11.5 Å². The number of para-hydroxylation sites is 1. The average molecular weight is 533 g/mol. The summed E-state index contributed by atoms with van der Waals surface area (Å²) in [4.78, 5) is 40.6. The number of ether oxygens (including phenoxy) is 3. The maximum absolute atomic E-state index is 13.2. The van der Waals surface area contributed by atoms with Crippen molar-refractivity contribution in [2.45, 2.75) is 38.4 Å². The lowest BCUT2D eigenvalue weighted by atomic mass is 9.95. The molecule has 1 fully saturated rings. The molecule has 10 heteroatoms. The van der Waals surface area contributed by atoms with Gasteiger partial charge in [0.2, 0.25) is 11.7 Å². The van der Waals surface area contributed by atoms with Gasteiger partial charge in [-0.05, 0) is 43.5 Å². The van der Waals surface area contributed by atoms with E-state index in [-0.39, 0.29) is 23.1 Å². The average Bonchev–Trinajstić information content (AvgIpc) is 3.53. The van der Waals surface area contributed by atoms with Crippen LogP contribution in [0.5, 0.6) is 17.2 Å². The fraction of sp³-hybridized carbons (Fsp3) is 0.345. The van der Waals surface area contributed by atoms with Crippen molar-refractivity contribution < 1.29 is 28.6 Å². The summed E-state index contributed by atoms with van der Waals surface area (Å²) < 4.78 is 18.4. The van der Waals surface area contributed by atoms with Gasteiger partial charge in [0.1, 0.15) is 0 Å². The molecule has 2 atom stereocenters. The van der Waals surface area contributed by atoms with E-state index in [4.69, 9.17) is 19.9 Å². The number of likely N-dealkylation sites (tertiary alicyclic amines) is 1. The van der Waals surface area contributed by atoms with Crippen molar-refractivity contribution in [1.29, 1.82) is 0 Å². The summed E-state index contributed by atoms with van der Waals surface area (Å²) in [5, 5.41) is 3.30. The molecule has 39 heavy (non-hydrogen) atoms. The molecular formula is C29H32N4O6. The molecule has 3 aromatic rings. The predicted octanol–water partition coefficient (Wildman–Crippen LogP) is 2.57. The maximum atomic E-state index is 13.2. The van der Waals surface area contributed by atoms with E-state index in [9.17, 15) is 14.4 Å². The Labute approximate surface area is 226 Å². The van der Waals surface area contributed by atoms with Crippen LogP contribution in [0.2, 0.25) is 0 Å². The van der Waals surface area contributed by atoms with Crippen molar-refractivity contribution in [3.63, 3.8) is 0 Å². The first kappa shape index (κ1) is 26.3. The minimum Gasteiger partial charge on any atom is -0.493 e. The first-order chi connectivity index (χ1) is 18.8. The first-order valence-corrected chi connectivity index (χ1v) is 12.8. The maximum Gasteiger partial charge on any atom is 0.259 e. The zero-order valence-corrected chi connectivity index (χ0v) is 22.4. The Kier molecular flexibility index (Phi) is 7.05. The summed E-state index contributed by atoms with van der Waals surface area (Å²) in [7, 11) is 4.49. The lowest BCUT2D eigenvalue weighted by Gasteiger charge is -2.21. The number of aromatic nitrogens is 1. The molecule has 0 spiro atoms. The molecule has 3 N–H and O–H groups in total. The Balaban J connectivity index is 1.56. The van der Waals surface area contributed by atoms with Gasteiger partial charge in [-0.1, -0.05) is 18.2 Å². The molecule has 3 heterocycles. The fourth-order valence-corrected chi connectivity index (χ4v) is 5.61. The summed E-state index contributed by atoms with van der Waals surface area (Å²) in [6, 6.07) is 10.7. The standard InChI is InChI=1S/C29H32N4O6/c1-16-12-20(30)29(36)33(16)11-7-10-32-15-19(18-8-5-6-9-21(18)32)25-24(27(34)31-28(25)35)17-13-22(37-2)26(39-4)23(14-17)38-3/h5-6,8-9,13-16,20H,7,10-12,30H2,1-4H3,(H,31,34,35). The Hall–Kier alpha value is -4.31. The number of methoxy groups -OCH3 is 3. The fourth-order valence-electron chi connectivity index (χ4n) is 5.61. The lowest BCUT2D eigenvalue weighted by molar-refractivity contribution is -0.130. The van der Waals surface area contributed by atoms with Crippen molar-refractivity contribution in [3.8, 4) is 17.2 Å². The highest BCUT2D eigenvalue weighted by atomic mass is 16.5. The van der Waals surface area contributed by atoms with Crippen molar-refractivity contribution in [1.82, 2.24) is 14.8 Å². The van der Waals surface area contributed by atoms with E-state index >= 15 is 0 Å². The van der Waals surface area contributed by atoms with E-state index < -0.39 is 17.9 Å². The van der Waals surface area contributed by atoms with Gasteiger partial charge in [0.05, 0.1) is 38.5 Å². The van der Waals surface area contributed by atoms with Crippen LogP contribution in [0.3, 0.4) is 0 Å². The van der Waals surface area contributed by atoms with E-state index in [1.54, 1.807) is 12.1 Å². The van der Waals surface area contributed by atoms with Gasteiger partial charge in [-0.3, -0.25) is 19.7 Å². The summed E-state index contributed by atoms with van der Waals surface area (Å²) >= 11 is 0. The molecule has 2 aromatic carbocycles. The van der Waals surface area contributed by atoms with E-state index in [0.29, 0.717) is 54.3 Å². The molecule has 2 aliphatic rings. The number of aryl methyl sites for hydroxylation is 1. The molecule has 3 amide bonds. The summed E-state index contributed by atoms with van der Waals surface area (Å²) in [5.41, 5.74) is 8.48. The predicted molar refractivity (Wildman–Crippen MR) is 146 cm³/mol. The number of rotatable bonds is 9. The third-order valence-corrected chi connectivity index (χ3v) is 7.47. The number of fused-ring (bicyclic) bond motifs is 1. The molecule has 0 radical (unpaired) electrons. The Bertz CT molecular complexity index is 1480. The molecule has 5 rings (SSSR count). The lowest BCUT2D eigenvalue weighted by Crippen LogP contribution is -2.36. The number of benzene rings is 2. The second-order valence-electron chi connectivity index (χ2n) is 9.78. The number of amides is 3. The Morgan fingerprint density at radius 1 is 0.949 bits per heavy atom. The summed E-state index contributed by atoms with van der Waals surface area (Å²) in [5.74, 6) is 0.148. The quantitative estimate of drug-likeness (QED) is 0.406. The molecule has 204 valence electrons. The van der Waals surface area contributed by atoms with Crippen molar-refractivity contribution in [2.75, 3.05) is 27.9 Å². The zero-order valence-electron chi connectivity index (χ0n) is 22.4. The molecule has 0 saturated carbocycles. The highest BCUT2D eigenvalue weighted by molar-refractivity contribution is 6.50. The Morgan fingerprint density at radius 2 is 1.62 bits per heavy atom. The largest absolute Gasteiger partial charge is 0.493 e. The van der Waals surface area contributed by atoms with E-state index in [1.807, 2.05) is 42.3 Å². The van der Waals surface area contributed by atoms with Crippen LogP contribution in [0, 0.1) is 0 Å². The highest BCUT2D eigenvalue weighted by Crippen LogP contribution is 2.43. The highest BCUT2D eigenvalue weighted by Gasteiger charge is 2.36. The van der Waals surface area contributed by atoms with E-state index in [2.05, 4.69) is 9.88 Å². The molecule has 2 unspecified atom stereocenters. The summed E-state index contributed by atoms with van der Waals surface area (Å²) in [6.07, 6.45) is 3.28. The van der Waals surface area contributed by atoms with Crippen molar-refractivity contribution in [2.24, 2.45) is 5.73 Å². The third kappa shape index (κ3) is 4.50.